The molecule has 0 aliphatic heterocycles. The summed E-state index contributed by atoms with van der Waals surface area (Å²) in [5.41, 5.74) is 5.63. The Kier molecular flexibility index (Phi) is 4.70. The SMILES string of the molecule is N=C(N=NN)c1ccc2c(c1)c1c(n2CCNc2ccccc2)CCC=C1. The molecule has 6 heteroatoms. The lowest BCUT2D eigenvalue weighted by Gasteiger charge is -2.14. The van der Waals surface area contributed by atoms with E-state index in [0.29, 0.717) is 0 Å². The van der Waals surface area contributed by atoms with Gasteiger partial charge in [0, 0.05) is 46.5 Å². The van der Waals surface area contributed by atoms with E-state index in [4.69, 9.17) is 11.3 Å². The predicted molar refractivity (Wildman–Crippen MR) is 110 cm³/mol. The first-order chi connectivity index (χ1) is 13.3. The molecule has 27 heavy (non-hydrogen) atoms. The number of amidine groups is 1. The minimum absolute atomic E-state index is 0.0754. The molecule has 0 fully saturated rings. The standard InChI is InChI=1S/C21H22N6/c22-21(25-26-23)15-10-11-20-18(14-15)17-8-4-5-9-19(17)27(20)13-12-24-16-6-2-1-3-7-16/h1-4,6-8,10-11,14,24H,5,9,12-13H2,(H3,22,23,25). The van der Waals surface area contributed by atoms with Crippen LogP contribution in [0.1, 0.15) is 23.2 Å². The second kappa shape index (κ2) is 7.45. The van der Waals surface area contributed by atoms with Crippen LogP contribution in [0.2, 0.25) is 0 Å². The van der Waals surface area contributed by atoms with Crippen LogP contribution < -0.4 is 11.2 Å². The van der Waals surface area contributed by atoms with E-state index >= 15 is 0 Å². The Morgan fingerprint density at radius 2 is 2.04 bits per heavy atom. The first kappa shape index (κ1) is 17.0. The molecule has 0 unspecified atom stereocenters. The fraction of sp³-hybridized carbons (Fsp3) is 0.190. The number of hydrogen-bond donors (Lipinski definition) is 3. The van der Waals surface area contributed by atoms with Crippen molar-refractivity contribution in [3.8, 4) is 0 Å². The molecule has 0 radical (unpaired) electrons. The van der Waals surface area contributed by atoms with Gasteiger partial charge < -0.3 is 15.7 Å². The second-order valence-corrected chi connectivity index (χ2v) is 6.54. The maximum atomic E-state index is 7.98. The minimum Gasteiger partial charge on any atom is -0.383 e. The average molecular weight is 358 g/mol. The molecule has 1 aromatic heterocycles. The molecule has 6 nitrogen and oxygen atoms in total. The Labute approximate surface area is 157 Å². The molecule has 0 saturated heterocycles. The largest absolute Gasteiger partial charge is 0.383 e. The summed E-state index contributed by atoms with van der Waals surface area (Å²) in [6, 6.07) is 16.3. The van der Waals surface area contributed by atoms with Crippen molar-refractivity contribution in [2.75, 3.05) is 11.9 Å². The third-order valence-corrected chi connectivity index (χ3v) is 4.92. The maximum absolute atomic E-state index is 7.98. The summed E-state index contributed by atoms with van der Waals surface area (Å²) in [6.45, 7) is 1.73. The molecule has 0 atom stereocenters. The van der Waals surface area contributed by atoms with Gasteiger partial charge in [-0.1, -0.05) is 35.6 Å². The van der Waals surface area contributed by atoms with E-state index in [2.05, 4.69) is 50.6 Å². The molecular formula is C21H22N6. The quantitative estimate of drug-likeness (QED) is 0.208. The number of para-hydroxylation sites is 1. The highest BCUT2D eigenvalue weighted by Crippen LogP contribution is 2.32. The highest BCUT2D eigenvalue weighted by molar-refractivity contribution is 6.02. The summed E-state index contributed by atoms with van der Waals surface area (Å²) in [4.78, 5) is 0. The van der Waals surface area contributed by atoms with Gasteiger partial charge in [0.25, 0.3) is 0 Å². The van der Waals surface area contributed by atoms with Crippen molar-refractivity contribution in [1.29, 1.82) is 5.41 Å². The van der Waals surface area contributed by atoms with E-state index in [-0.39, 0.29) is 5.84 Å². The third kappa shape index (κ3) is 3.33. The van der Waals surface area contributed by atoms with E-state index in [1.807, 2.05) is 30.3 Å². The number of nitrogens with one attached hydrogen (secondary N) is 2. The Morgan fingerprint density at radius 1 is 1.19 bits per heavy atom. The van der Waals surface area contributed by atoms with Crippen LogP contribution >= 0.6 is 0 Å². The fourth-order valence-corrected chi connectivity index (χ4v) is 3.70. The van der Waals surface area contributed by atoms with Gasteiger partial charge in [-0.05, 0) is 43.2 Å². The number of rotatable bonds is 5. The van der Waals surface area contributed by atoms with Gasteiger partial charge in [-0.15, -0.1) is 5.11 Å². The first-order valence-corrected chi connectivity index (χ1v) is 9.08. The van der Waals surface area contributed by atoms with Crippen molar-refractivity contribution in [2.24, 2.45) is 16.2 Å². The van der Waals surface area contributed by atoms with E-state index in [1.54, 1.807) is 0 Å². The molecule has 2 aromatic carbocycles. The summed E-state index contributed by atoms with van der Waals surface area (Å²) < 4.78 is 2.39. The van der Waals surface area contributed by atoms with Gasteiger partial charge in [-0.3, -0.25) is 5.41 Å². The summed E-state index contributed by atoms with van der Waals surface area (Å²) >= 11 is 0. The Bertz CT molecular complexity index is 1030. The Morgan fingerprint density at radius 3 is 2.85 bits per heavy atom. The lowest BCUT2D eigenvalue weighted by Crippen LogP contribution is -2.13. The van der Waals surface area contributed by atoms with E-state index < -0.39 is 0 Å². The molecule has 1 aliphatic rings. The number of aromatic nitrogens is 1. The van der Waals surface area contributed by atoms with Crippen molar-refractivity contribution in [2.45, 2.75) is 19.4 Å². The number of benzene rings is 2. The highest BCUT2D eigenvalue weighted by atomic mass is 15.3. The minimum atomic E-state index is 0.0754. The number of nitrogens with zero attached hydrogens (tertiary/aromatic N) is 3. The van der Waals surface area contributed by atoms with Gasteiger partial charge in [0.1, 0.15) is 0 Å². The zero-order valence-electron chi connectivity index (χ0n) is 15.0. The number of hydrogen-bond acceptors (Lipinski definition) is 3. The van der Waals surface area contributed by atoms with Gasteiger partial charge in [0.15, 0.2) is 5.84 Å². The highest BCUT2D eigenvalue weighted by Gasteiger charge is 2.18. The molecule has 1 aliphatic carbocycles. The van der Waals surface area contributed by atoms with Gasteiger partial charge >= 0.3 is 0 Å². The van der Waals surface area contributed by atoms with Gasteiger partial charge in [-0.2, -0.15) is 0 Å². The third-order valence-electron chi connectivity index (χ3n) is 4.92. The van der Waals surface area contributed by atoms with Crippen molar-refractivity contribution in [3.05, 3.63) is 71.4 Å². The molecule has 1 heterocycles. The average Bonchev–Trinajstić information content (AvgIpc) is 3.02. The molecule has 0 spiro atoms. The monoisotopic (exact) mass is 358 g/mol. The predicted octanol–water partition coefficient (Wildman–Crippen LogP) is 4.36. The number of nitrogens with two attached hydrogens (primary N) is 1. The van der Waals surface area contributed by atoms with Crippen LogP contribution in [0.15, 0.2) is 64.9 Å². The summed E-state index contributed by atoms with van der Waals surface area (Å²) in [7, 11) is 0. The van der Waals surface area contributed by atoms with Crippen LogP contribution in [0.3, 0.4) is 0 Å². The van der Waals surface area contributed by atoms with Crippen LogP contribution in [0.25, 0.3) is 17.0 Å². The van der Waals surface area contributed by atoms with Crippen molar-refractivity contribution in [3.63, 3.8) is 0 Å². The topological polar surface area (TPSA) is 91.6 Å². The van der Waals surface area contributed by atoms with Gasteiger partial charge in [0.2, 0.25) is 0 Å². The lowest BCUT2D eigenvalue weighted by molar-refractivity contribution is 0.703. The van der Waals surface area contributed by atoms with Crippen molar-refractivity contribution in [1.82, 2.24) is 4.57 Å². The van der Waals surface area contributed by atoms with Crippen LogP contribution in [-0.2, 0) is 13.0 Å². The van der Waals surface area contributed by atoms with Crippen LogP contribution in [0, 0.1) is 5.41 Å². The molecular weight excluding hydrogens is 336 g/mol. The van der Waals surface area contributed by atoms with E-state index in [0.717, 1.165) is 42.6 Å². The number of allylic oxidation sites excluding steroid dienone is 1. The molecule has 0 amide bonds. The zero-order chi connectivity index (χ0) is 18.6. The zero-order valence-corrected chi connectivity index (χ0v) is 15.0. The van der Waals surface area contributed by atoms with E-state index in [1.165, 1.54) is 16.8 Å². The fourth-order valence-electron chi connectivity index (χ4n) is 3.70. The molecule has 0 saturated carbocycles. The number of anilines is 1. The summed E-state index contributed by atoms with van der Waals surface area (Å²) in [5.74, 6) is 5.17. The summed E-state index contributed by atoms with van der Waals surface area (Å²) in [6.07, 6.45) is 6.49. The molecule has 4 rings (SSSR count). The smallest absolute Gasteiger partial charge is 0.176 e. The Hall–Kier alpha value is -3.41. The van der Waals surface area contributed by atoms with Crippen LogP contribution in [0.4, 0.5) is 5.69 Å². The maximum Gasteiger partial charge on any atom is 0.176 e. The Balaban J connectivity index is 1.67. The van der Waals surface area contributed by atoms with Crippen LogP contribution in [-0.4, -0.2) is 16.9 Å². The molecule has 0 bridgehead atoms. The van der Waals surface area contributed by atoms with Gasteiger partial charge in [0.05, 0.1) is 0 Å². The molecule has 4 N–H and O–H groups in total. The van der Waals surface area contributed by atoms with Gasteiger partial charge in [-0.25, -0.2) is 0 Å². The first-order valence-electron chi connectivity index (χ1n) is 9.08. The van der Waals surface area contributed by atoms with Crippen LogP contribution in [0.5, 0.6) is 0 Å². The van der Waals surface area contributed by atoms with Crippen molar-refractivity contribution >= 4 is 28.5 Å². The van der Waals surface area contributed by atoms with E-state index in [9.17, 15) is 0 Å². The summed E-state index contributed by atoms with van der Waals surface area (Å²) in [5, 5.41) is 19.5. The number of fused-ring (bicyclic) bond motifs is 3. The molecule has 3 aromatic rings. The normalized spacial score (nSPS) is 13.2. The lowest BCUT2D eigenvalue weighted by atomic mass is 10.0. The second-order valence-electron chi connectivity index (χ2n) is 6.54. The molecule has 136 valence electrons. The van der Waals surface area contributed by atoms with Crippen molar-refractivity contribution < 1.29 is 0 Å².